The minimum Gasteiger partial charge on any atom is -0.391 e. The average molecular weight is 254 g/mol. The van der Waals surface area contributed by atoms with Gasteiger partial charge in [-0.1, -0.05) is 12.1 Å². The topological polar surface area (TPSA) is 59.2 Å². The summed E-state index contributed by atoms with van der Waals surface area (Å²) in [5, 5.41) is 13.9. The van der Waals surface area contributed by atoms with E-state index in [4.69, 9.17) is 4.52 Å². The van der Waals surface area contributed by atoms with Crippen molar-refractivity contribution in [1.82, 2.24) is 10.1 Å². The second kappa shape index (κ2) is 4.61. The maximum absolute atomic E-state index is 9.81. The molecule has 0 radical (unpaired) electrons. The van der Waals surface area contributed by atoms with Gasteiger partial charge in [0.05, 0.1) is 12.0 Å². The average Bonchev–Trinajstić information content (AvgIpc) is 2.97. The summed E-state index contributed by atoms with van der Waals surface area (Å²) in [4.78, 5) is 4.51. The van der Waals surface area contributed by atoms with Gasteiger partial charge in [0.1, 0.15) is 0 Å². The lowest BCUT2D eigenvalue weighted by Crippen LogP contribution is -2.16. The van der Waals surface area contributed by atoms with Crippen molar-refractivity contribution < 1.29 is 9.63 Å². The highest BCUT2D eigenvalue weighted by Gasteiger charge is 2.34. The van der Waals surface area contributed by atoms with Gasteiger partial charge in [-0.3, -0.25) is 0 Å². The molecule has 1 saturated carbocycles. The fourth-order valence-corrected chi connectivity index (χ4v) is 4.01. The number of rotatable bonds is 2. The van der Waals surface area contributed by atoms with E-state index in [1.807, 2.05) is 0 Å². The second-order valence-corrected chi connectivity index (χ2v) is 6.39. The van der Waals surface area contributed by atoms with E-state index < -0.39 is 0 Å². The van der Waals surface area contributed by atoms with E-state index in [0.29, 0.717) is 11.8 Å². The molecule has 2 heterocycles. The van der Waals surface area contributed by atoms with Crippen LogP contribution in [0.4, 0.5) is 0 Å². The first kappa shape index (κ1) is 11.5. The Labute approximate surface area is 105 Å². The minimum atomic E-state index is -0.323. The Morgan fingerprint density at radius 3 is 2.88 bits per heavy atom. The molecular weight excluding hydrogens is 236 g/mol. The third kappa shape index (κ3) is 2.22. The Hall–Kier alpha value is -0.550. The summed E-state index contributed by atoms with van der Waals surface area (Å²) in [7, 11) is 0. The normalized spacial score (nSPS) is 37.8. The highest BCUT2D eigenvalue weighted by molar-refractivity contribution is 7.99. The zero-order valence-corrected chi connectivity index (χ0v) is 10.8. The van der Waals surface area contributed by atoms with Gasteiger partial charge in [0.2, 0.25) is 5.89 Å². The third-order valence-corrected chi connectivity index (χ3v) is 5.06. The van der Waals surface area contributed by atoms with Crippen molar-refractivity contribution in [3.05, 3.63) is 11.7 Å². The number of thioether (sulfide) groups is 1. The van der Waals surface area contributed by atoms with E-state index in [2.05, 4.69) is 17.1 Å². The van der Waals surface area contributed by atoms with E-state index in [0.717, 1.165) is 23.2 Å². The van der Waals surface area contributed by atoms with Crippen molar-refractivity contribution in [2.75, 3.05) is 11.5 Å². The van der Waals surface area contributed by atoms with Crippen LogP contribution in [-0.4, -0.2) is 32.9 Å². The highest BCUT2D eigenvalue weighted by Crippen LogP contribution is 2.38. The van der Waals surface area contributed by atoms with Gasteiger partial charge in [-0.15, -0.1) is 0 Å². The van der Waals surface area contributed by atoms with Crippen molar-refractivity contribution in [1.29, 1.82) is 0 Å². The van der Waals surface area contributed by atoms with Crippen LogP contribution in [-0.2, 0) is 0 Å². The molecule has 2 aliphatic rings. The van der Waals surface area contributed by atoms with Gasteiger partial charge in [-0.05, 0) is 25.2 Å². The number of aromatic nitrogens is 2. The molecule has 0 spiro atoms. The molecule has 0 amide bonds. The molecule has 0 aromatic carbocycles. The molecule has 5 heteroatoms. The first-order chi connectivity index (χ1) is 8.24. The Balaban J connectivity index is 1.74. The number of aliphatic hydroxyl groups excluding tert-OH is 1. The molecule has 17 heavy (non-hydrogen) atoms. The largest absolute Gasteiger partial charge is 0.391 e. The second-order valence-electron chi connectivity index (χ2n) is 5.32. The van der Waals surface area contributed by atoms with Crippen molar-refractivity contribution in [3.8, 4) is 0 Å². The number of hydrogen-bond acceptors (Lipinski definition) is 5. The molecule has 0 bridgehead atoms. The van der Waals surface area contributed by atoms with E-state index in [9.17, 15) is 5.11 Å². The van der Waals surface area contributed by atoms with E-state index >= 15 is 0 Å². The van der Waals surface area contributed by atoms with Gasteiger partial charge in [-0.2, -0.15) is 16.7 Å². The predicted molar refractivity (Wildman–Crippen MR) is 66.1 cm³/mol. The van der Waals surface area contributed by atoms with E-state index in [1.165, 1.54) is 19.3 Å². The molecule has 3 rings (SSSR count). The number of nitrogens with zero attached hydrogens (tertiary/aromatic N) is 2. The van der Waals surface area contributed by atoms with Crippen LogP contribution in [0.3, 0.4) is 0 Å². The van der Waals surface area contributed by atoms with Gasteiger partial charge in [-0.25, -0.2) is 0 Å². The number of aliphatic hydroxyl groups is 1. The Kier molecular flexibility index (Phi) is 3.13. The lowest BCUT2D eigenvalue weighted by molar-refractivity contribution is 0.164. The van der Waals surface area contributed by atoms with Crippen molar-refractivity contribution in [2.24, 2.45) is 5.92 Å². The Morgan fingerprint density at radius 1 is 1.35 bits per heavy atom. The molecule has 1 saturated heterocycles. The van der Waals surface area contributed by atoms with Crippen LogP contribution in [0.5, 0.6) is 0 Å². The predicted octanol–water partition coefficient (Wildman–Crippen LogP) is 2.16. The van der Waals surface area contributed by atoms with Crippen LogP contribution in [0.1, 0.15) is 49.7 Å². The van der Waals surface area contributed by atoms with Crippen molar-refractivity contribution in [2.45, 2.75) is 44.1 Å². The van der Waals surface area contributed by atoms with Gasteiger partial charge >= 0.3 is 0 Å². The maximum Gasteiger partial charge on any atom is 0.233 e. The summed E-state index contributed by atoms with van der Waals surface area (Å²) in [6.45, 7) is 2.28. The van der Waals surface area contributed by atoms with Crippen LogP contribution in [0.15, 0.2) is 4.52 Å². The van der Waals surface area contributed by atoms with Crippen molar-refractivity contribution in [3.63, 3.8) is 0 Å². The van der Waals surface area contributed by atoms with Gasteiger partial charge < -0.3 is 9.63 Å². The van der Waals surface area contributed by atoms with Crippen LogP contribution >= 0.6 is 11.8 Å². The lowest BCUT2D eigenvalue weighted by Gasteiger charge is -2.07. The van der Waals surface area contributed by atoms with E-state index in [-0.39, 0.29) is 12.0 Å². The molecular formula is C12H18N2O2S. The molecule has 1 aliphatic heterocycles. The molecule has 4 unspecified atom stereocenters. The molecule has 1 aromatic rings. The van der Waals surface area contributed by atoms with Crippen LogP contribution in [0, 0.1) is 5.92 Å². The quantitative estimate of drug-likeness (QED) is 0.876. The zero-order valence-electron chi connectivity index (χ0n) is 10.0. The molecule has 1 N–H and O–H groups in total. The van der Waals surface area contributed by atoms with Gasteiger partial charge in [0.15, 0.2) is 5.82 Å². The van der Waals surface area contributed by atoms with E-state index in [1.54, 1.807) is 11.8 Å². The summed E-state index contributed by atoms with van der Waals surface area (Å²) in [5.74, 6) is 4.45. The Morgan fingerprint density at radius 2 is 2.24 bits per heavy atom. The van der Waals surface area contributed by atoms with Crippen LogP contribution < -0.4 is 0 Å². The van der Waals surface area contributed by atoms with Gasteiger partial charge in [0.25, 0.3) is 0 Å². The SMILES string of the molecule is CC1CCC(c2noc(C3CSCC3O)n2)C1. The zero-order chi connectivity index (χ0) is 11.8. The van der Waals surface area contributed by atoms with Gasteiger partial charge in [0, 0.05) is 17.4 Å². The van der Waals surface area contributed by atoms with Crippen LogP contribution in [0.25, 0.3) is 0 Å². The first-order valence-electron chi connectivity index (χ1n) is 6.33. The minimum absolute atomic E-state index is 0.0417. The lowest BCUT2D eigenvalue weighted by atomic mass is 10.1. The summed E-state index contributed by atoms with van der Waals surface area (Å²) in [6, 6.07) is 0. The summed E-state index contributed by atoms with van der Waals surface area (Å²) >= 11 is 1.75. The highest BCUT2D eigenvalue weighted by atomic mass is 32.2. The summed E-state index contributed by atoms with van der Waals surface area (Å²) in [6.07, 6.45) is 3.27. The Bertz CT molecular complexity index is 396. The number of hydrogen-bond donors (Lipinski definition) is 1. The monoisotopic (exact) mass is 254 g/mol. The fraction of sp³-hybridized carbons (Fsp3) is 0.833. The molecule has 4 atom stereocenters. The molecule has 1 aliphatic carbocycles. The maximum atomic E-state index is 9.81. The van der Waals surface area contributed by atoms with Crippen LogP contribution in [0.2, 0.25) is 0 Å². The summed E-state index contributed by atoms with van der Waals surface area (Å²) < 4.78 is 5.33. The van der Waals surface area contributed by atoms with Crippen molar-refractivity contribution >= 4 is 11.8 Å². The molecule has 2 fully saturated rings. The summed E-state index contributed by atoms with van der Waals surface area (Å²) in [5.41, 5.74) is 0. The smallest absolute Gasteiger partial charge is 0.233 e. The molecule has 1 aromatic heterocycles. The molecule has 4 nitrogen and oxygen atoms in total. The first-order valence-corrected chi connectivity index (χ1v) is 7.49. The fourth-order valence-electron chi connectivity index (χ4n) is 2.78. The molecule has 94 valence electrons. The third-order valence-electron chi connectivity index (χ3n) is 3.89. The standard InChI is InChI=1S/C12H18N2O2S/c1-7-2-3-8(4-7)11-13-12(16-14-11)9-5-17-6-10(9)15/h7-10,15H,2-6H2,1H3.